The van der Waals surface area contributed by atoms with Crippen molar-refractivity contribution in [1.82, 2.24) is 10.3 Å². The fourth-order valence-electron chi connectivity index (χ4n) is 3.97. The normalized spacial score (nSPS) is 17.2. The molecule has 1 saturated carbocycles. The number of benzene rings is 1. The molecule has 38 heavy (non-hydrogen) atoms. The molecular formula is C27H35N3O8. The number of Topliss-reactive ketones (excluding diaryl/α,β-unsaturated/α-hetero) is 1. The highest BCUT2D eigenvalue weighted by molar-refractivity contribution is 5.97. The van der Waals surface area contributed by atoms with E-state index in [1.54, 1.807) is 18.3 Å². The van der Waals surface area contributed by atoms with Crippen LogP contribution in [0.1, 0.15) is 60.2 Å². The number of nitrogens with one attached hydrogen (secondary N) is 2. The lowest BCUT2D eigenvalue weighted by Crippen LogP contribution is -2.37. The van der Waals surface area contributed by atoms with Crippen molar-refractivity contribution >= 4 is 23.8 Å². The lowest BCUT2D eigenvalue weighted by Gasteiger charge is -2.29. The van der Waals surface area contributed by atoms with E-state index in [0.717, 1.165) is 16.7 Å². The smallest absolute Gasteiger partial charge is 0.452 e. The Hall–Kier alpha value is -3.70. The Kier molecular flexibility index (Phi) is 9.29. The Morgan fingerprint density at radius 3 is 2.47 bits per heavy atom. The SMILES string of the molecule is COCC(OC)OC(=O)OC(C)(C)Oc1c(C(C)=O)ccc(C)c1C1CC1NC(=O)Nc1ccc(C)cn1. The van der Waals surface area contributed by atoms with E-state index in [1.807, 2.05) is 26.0 Å². The zero-order valence-corrected chi connectivity index (χ0v) is 22.7. The van der Waals surface area contributed by atoms with E-state index < -0.39 is 18.2 Å². The number of anilines is 1. The minimum atomic E-state index is -1.50. The second-order valence-corrected chi connectivity index (χ2v) is 9.59. The largest absolute Gasteiger partial charge is 0.513 e. The van der Waals surface area contributed by atoms with Gasteiger partial charge in [-0.3, -0.25) is 10.1 Å². The lowest BCUT2D eigenvalue weighted by molar-refractivity contribution is -0.175. The van der Waals surface area contributed by atoms with Gasteiger partial charge in [0.05, 0.1) is 5.56 Å². The van der Waals surface area contributed by atoms with Crippen LogP contribution in [-0.4, -0.2) is 61.9 Å². The number of urea groups is 1. The molecule has 2 amide bonds. The predicted molar refractivity (Wildman–Crippen MR) is 138 cm³/mol. The summed E-state index contributed by atoms with van der Waals surface area (Å²) in [6.45, 7) is 8.33. The van der Waals surface area contributed by atoms with E-state index in [9.17, 15) is 14.4 Å². The van der Waals surface area contributed by atoms with Gasteiger partial charge in [0.1, 0.15) is 18.2 Å². The maximum atomic E-state index is 12.5. The van der Waals surface area contributed by atoms with Gasteiger partial charge >= 0.3 is 12.2 Å². The molecule has 1 fully saturated rings. The van der Waals surface area contributed by atoms with Gasteiger partial charge in [0.2, 0.25) is 6.29 Å². The molecule has 1 heterocycles. The zero-order valence-electron chi connectivity index (χ0n) is 22.7. The Morgan fingerprint density at radius 1 is 1.13 bits per heavy atom. The molecule has 11 nitrogen and oxygen atoms in total. The maximum absolute atomic E-state index is 12.5. The van der Waals surface area contributed by atoms with E-state index in [-0.39, 0.29) is 30.4 Å². The molecule has 3 rings (SSSR count). The molecule has 11 heteroatoms. The van der Waals surface area contributed by atoms with Crippen LogP contribution in [0.25, 0.3) is 0 Å². The molecule has 1 aliphatic carbocycles. The standard InChI is InChI=1S/C27H35N3O8/c1-15-8-11-21(28-13-15)30-25(32)29-20-12-19(20)23-16(2)9-10-18(17(3)31)24(23)37-27(4,5)38-26(33)36-22(35-7)14-34-6/h8-11,13,19-20,22H,12,14H2,1-7H3,(H2,28,29,30,32). The first kappa shape index (κ1) is 28.9. The van der Waals surface area contributed by atoms with E-state index in [0.29, 0.717) is 23.6 Å². The van der Waals surface area contributed by atoms with Crippen LogP contribution >= 0.6 is 0 Å². The third-order valence-corrected chi connectivity index (χ3v) is 5.89. The highest BCUT2D eigenvalue weighted by Gasteiger charge is 2.44. The van der Waals surface area contributed by atoms with Gasteiger partial charge in [0.25, 0.3) is 5.79 Å². The second kappa shape index (κ2) is 12.2. The maximum Gasteiger partial charge on any atom is 0.513 e. The van der Waals surface area contributed by atoms with E-state index in [1.165, 1.54) is 35.0 Å². The van der Waals surface area contributed by atoms with Gasteiger partial charge in [0.15, 0.2) is 5.78 Å². The first-order valence-corrected chi connectivity index (χ1v) is 12.2. The fourth-order valence-corrected chi connectivity index (χ4v) is 3.97. The molecule has 206 valence electrons. The molecule has 1 aliphatic rings. The van der Waals surface area contributed by atoms with Crippen molar-refractivity contribution in [1.29, 1.82) is 0 Å². The summed E-state index contributed by atoms with van der Waals surface area (Å²) in [6.07, 6.45) is 0.334. The average molecular weight is 530 g/mol. The lowest BCUT2D eigenvalue weighted by atomic mass is 9.97. The highest BCUT2D eigenvalue weighted by Crippen LogP contribution is 2.48. The van der Waals surface area contributed by atoms with E-state index in [2.05, 4.69) is 15.6 Å². The molecule has 0 bridgehead atoms. The first-order chi connectivity index (χ1) is 17.9. The third-order valence-electron chi connectivity index (χ3n) is 5.89. The number of aromatic nitrogens is 1. The summed E-state index contributed by atoms with van der Waals surface area (Å²) in [5, 5.41) is 5.67. The van der Waals surface area contributed by atoms with Crippen LogP contribution < -0.4 is 15.4 Å². The molecule has 3 atom stereocenters. The van der Waals surface area contributed by atoms with Crippen molar-refractivity contribution in [3.8, 4) is 5.75 Å². The Labute approximate surface area is 222 Å². The molecule has 2 N–H and O–H groups in total. The van der Waals surface area contributed by atoms with Crippen LogP contribution in [0.5, 0.6) is 5.75 Å². The number of methoxy groups -OCH3 is 2. The highest BCUT2D eigenvalue weighted by atomic mass is 16.8. The number of aryl methyl sites for hydroxylation is 2. The van der Waals surface area contributed by atoms with E-state index in [4.69, 9.17) is 23.7 Å². The van der Waals surface area contributed by atoms with Gasteiger partial charge in [-0.25, -0.2) is 14.6 Å². The van der Waals surface area contributed by atoms with Crippen LogP contribution in [0, 0.1) is 13.8 Å². The molecule has 0 saturated heterocycles. The summed E-state index contributed by atoms with van der Waals surface area (Å²) in [7, 11) is 2.81. The Balaban J connectivity index is 1.76. The van der Waals surface area contributed by atoms with Crippen molar-refractivity contribution in [2.45, 2.75) is 65.1 Å². The van der Waals surface area contributed by atoms with Crippen molar-refractivity contribution in [2.75, 3.05) is 26.1 Å². The molecule has 2 aromatic rings. The Morgan fingerprint density at radius 2 is 1.87 bits per heavy atom. The van der Waals surface area contributed by atoms with Gasteiger partial charge in [0, 0.05) is 51.8 Å². The summed E-state index contributed by atoms with van der Waals surface area (Å²) >= 11 is 0. The molecule has 3 unspecified atom stereocenters. The average Bonchev–Trinajstić information content (AvgIpc) is 3.57. The predicted octanol–water partition coefficient (Wildman–Crippen LogP) is 4.47. The Bertz CT molecular complexity index is 1170. The van der Waals surface area contributed by atoms with Crippen LogP contribution in [0.3, 0.4) is 0 Å². The first-order valence-electron chi connectivity index (χ1n) is 12.2. The summed E-state index contributed by atoms with van der Waals surface area (Å²) in [6, 6.07) is 6.52. The molecule has 0 aliphatic heterocycles. The number of hydrogen-bond acceptors (Lipinski definition) is 9. The van der Waals surface area contributed by atoms with Crippen LogP contribution in [0.15, 0.2) is 30.5 Å². The number of pyridine rings is 1. The molecule has 1 aromatic heterocycles. The van der Waals surface area contributed by atoms with Crippen molar-refractivity contribution in [2.24, 2.45) is 0 Å². The molecule has 1 aromatic carbocycles. The number of rotatable bonds is 11. The molecular weight excluding hydrogens is 494 g/mol. The number of ether oxygens (including phenoxy) is 5. The van der Waals surface area contributed by atoms with E-state index >= 15 is 0 Å². The quantitative estimate of drug-likeness (QED) is 0.246. The van der Waals surface area contributed by atoms with Gasteiger partial charge < -0.3 is 29.0 Å². The van der Waals surface area contributed by atoms with Gasteiger partial charge in [-0.05, 0) is 50.5 Å². The number of carbonyl (C=O) groups excluding carboxylic acids is 3. The number of ketones is 1. The summed E-state index contributed by atoms with van der Waals surface area (Å²) in [5.41, 5.74) is 2.96. The minimum absolute atomic E-state index is 0.0209. The number of nitrogens with zero attached hydrogens (tertiary/aromatic N) is 1. The summed E-state index contributed by atoms with van der Waals surface area (Å²) in [5.74, 6) is -1.08. The van der Waals surface area contributed by atoms with Crippen molar-refractivity contribution in [3.63, 3.8) is 0 Å². The number of carbonyl (C=O) groups is 3. The van der Waals surface area contributed by atoms with Crippen LogP contribution in [0.2, 0.25) is 0 Å². The summed E-state index contributed by atoms with van der Waals surface area (Å²) in [4.78, 5) is 41.6. The zero-order chi connectivity index (χ0) is 28.0. The van der Waals surface area contributed by atoms with Gasteiger partial charge in [-0.15, -0.1) is 0 Å². The monoisotopic (exact) mass is 529 g/mol. The number of hydrogen-bond donors (Lipinski definition) is 2. The second-order valence-electron chi connectivity index (χ2n) is 9.59. The van der Waals surface area contributed by atoms with Gasteiger partial charge in [-0.2, -0.15) is 0 Å². The van der Waals surface area contributed by atoms with Crippen LogP contribution in [-0.2, 0) is 18.9 Å². The van der Waals surface area contributed by atoms with Gasteiger partial charge in [-0.1, -0.05) is 12.1 Å². The third kappa shape index (κ3) is 7.65. The topological polar surface area (TPSA) is 134 Å². The molecule has 0 spiro atoms. The fraction of sp³-hybridized carbons (Fsp3) is 0.481. The van der Waals surface area contributed by atoms with Crippen molar-refractivity contribution < 1.29 is 38.1 Å². The van der Waals surface area contributed by atoms with Crippen LogP contribution in [0.4, 0.5) is 15.4 Å². The van der Waals surface area contributed by atoms with Crippen molar-refractivity contribution in [3.05, 3.63) is 52.7 Å². The number of amides is 2. The summed E-state index contributed by atoms with van der Waals surface area (Å²) < 4.78 is 26.6. The minimum Gasteiger partial charge on any atom is -0.452 e. The molecule has 0 radical (unpaired) electrons.